The molecule has 2 heterocycles. The van der Waals surface area contributed by atoms with Gasteiger partial charge in [0, 0.05) is 39.3 Å². The summed E-state index contributed by atoms with van der Waals surface area (Å²) in [5.74, 6) is -3.19. The van der Waals surface area contributed by atoms with Crippen LogP contribution in [0.5, 0.6) is 0 Å². The first-order valence-corrected chi connectivity index (χ1v) is 20.0. The highest BCUT2D eigenvalue weighted by atomic mass is 35.5. The molecule has 0 unspecified atom stereocenters. The molecule has 16 heteroatoms. The third-order valence-electron chi connectivity index (χ3n) is 9.98. The summed E-state index contributed by atoms with van der Waals surface area (Å²) in [6.45, 7) is 7.64. The molecule has 320 valence electrons. The summed E-state index contributed by atoms with van der Waals surface area (Å²) in [5, 5.41) is 16.8. The van der Waals surface area contributed by atoms with Crippen LogP contribution in [0.1, 0.15) is 74.9 Å². The maximum absolute atomic E-state index is 12.8. The second kappa shape index (κ2) is 19.7. The molecule has 0 aromatic heterocycles. The number of carbonyl (C=O) groups excluding carboxylic acids is 3. The standard InChI is InChI=1S/C23H27ClN2O4.C21H20ClF3N2O3/c1-23(2,3)30-22(29)26-12-10-16-8-9-19(24)20(18(16)11-13-26)25-14-15-4-6-17(7-5-15)21(27)28;1-30-19(28)15-4-2-13(3-5-15)12-26-18-16-9-11-27(20(29)21(23,24)25)10-8-14(16)6-7-17(18)22/h4-9,25H,10-14H2,1-3H3,(H,27,28);2-7,26H,8-12H2,1H3. The topological polar surface area (TPSA) is 138 Å². The van der Waals surface area contributed by atoms with E-state index in [1.807, 2.05) is 32.9 Å². The maximum Gasteiger partial charge on any atom is 0.471 e. The van der Waals surface area contributed by atoms with Crippen LogP contribution in [-0.4, -0.2) is 83.9 Å². The van der Waals surface area contributed by atoms with Crippen LogP contribution < -0.4 is 10.6 Å². The Hall–Kier alpha value is -5.47. The zero-order valence-corrected chi connectivity index (χ0v) is 35.2. The third kappa shape index (κ3) is 12.1. The van der Waals surface area contributed by atoms with Gasteiger partial charge in [-0.25, -0.2) is 14.4 Å². The summed E-state index contributed by atoms with van der Waals surface area (Å²) in [7, 11) is 1.31. The molecule has 0 bridgehead atoms. The van der Waals surface area contributed by atoms with Gasteiger partial charge in [0.15, 0.2) is 0 Å². The number of nitrogens with zero attached hydrogens (tertiary/aromatic N) is 2. The number of anilines is 2. The Labute approximate surface area is 356 Å². The maximum atomic E-state index is 12.8. The Morgan fingerprint density at radius 3 is 1.53 bits per heavy atom. The first-order valence-electron chi connectivity index (χ1n) is 19.3. The van der Waals surface area contributed by atoms with E-state index in [1.165, 1.54) is 7.11 Å². The average molecular weight is 872 g/mol. The predicted molar refractivity (Wildman–Crippen MR) is 224 cm³/mol. The number of nitrogens with one attached hydrogen (secondary N) is 2. The highest BCUT2D eigenvalue weighted by molar-refractivity contribution is 6.33. The number of carboxylic acid groups (broad SMARTS) is 1. The van der Waals surface area contributed by atoms with Gasteiger partial charge in [0.25, 0.3) is 0 Å². The van der Waals surface area contributed by atoms with Crippen molar-refractivity contribution in [2.45, 2.75) is 71.3 Å². The van der Waals surface area contributed by atoms with E-state index in [4.69, 9.17) is 33.0 Å². The lowest BCUT2D eigenvalue weighted by molar-refractivity contribution is -0.185. The number of fused-ring (bicyclic) bond motifs is 2. The molecule has 4 aromatic carbocycles. The van der Waals surface area contributed by atoms with Crippen molar-refractivity contribution in [3.05, 3.63) is 127 Å². The van der Waals surface area contributed by atoms with Crippen LogP contribution in [-0.2, 0) is 53.0 Å². The summed E-state index contributed by atoms with van der Waals surface area (Å²) in [4.78, 5) is 49.2. The molecule has 0 aliphatic carbocycles. The number of methoxy groups -OCH3 is 1. The minimum absolute atomic E-state index is 0.00139. The molecule has 2 amide bonds. The van der Waals surface area contributed by atoms with Crippen molar-refractivity contribution in [3.63, 3.8) is 0 Å². The summed E-state index contributed by atoms with van der Waals surface area (Å²) in [5.41, 5.74) is 7.46. The number of carboxylic acids is 1. The average Bonchev–Trinajstić information content (AvgIpc) is 3.56. The number of hydrogen-bond acceptors (Lipinski definition) is 8. The van der Waals surface area contributed by atoms with E-state index in [2.05, 4.69) is 15.4 Å². The number of ether oxygens (including phenoxy) is 2. The van der Waals surface area contributed by atoms with Gasteiger partial charge in [0.2, 0.25) is 0 Å². The van der Waals surface area contributed by atoms with Gasteiger partial charge in [-0.3, -0.25) is 4.79 Å². The van der Waals surface area contributed by atoms with E-state index in [-0.39, 0.29) is 31.2 Å². The lowest BCUT2D eigenvalue weighted by Gasteiger charge is -2.26. The normalized spacial score (nSPS) is 13.9. The second-order valence-corrected chi connectivity index (χ2v) is 16.1. The minimum atomic E-state index is -4.88. The summed E-state index contributed by atoms with van der Waals surface area (Å²) < 4.78 is 48.6. The molecule has 6 rings (SSSR count). The predicted octanol–water partition coefficient (Wildman–Crippen LogP) is 9.21. The number of alkyl halides is 3. The number of halogens is 5. The van der Waals surface area contributed by atoms with Gasteiger partial charge in [-0.2, -0.15) is 13.2 Å². The second-order valence-electron chi connectivity index (χ2n) is 15.3. The van der Waals surface area contributed by atoms with Gasteiger partial charge < -0.3 is 35.0 Å². The van der Waals surface area contributed by atoms with Crippen molar-refractivity contribution in [2.24, 2.45) is 0 Å². The highest BCUT2D eigenvalue weighted by Crippen LogP contribution is 2.34. The Morgan fingerprint density at radius 2 is 1.10 bits per heavy atom. The smallest absolute Gasteiger partial charge is 0.471 e. The van der Waals surface area contributed by atoms with Crippen LogP contribution in [0.2, 0.25) is 10.0 Å². The molecule has 2 aliphatic heterocycles. The molecule has 3 N–H and O–H groups in total. The van der Waals surface area contributed by atoms with E-state index in [1.54, 1.807) is 65.6 Å². The monoisotopic (exact) mass is 870 g/mol. The van der Waals surface area contributed by atoms with Gasteiger partial charge in [0.05, 0.1) is 39.7 Å². The van der Waals surface area contributed by atoms with Crippen molar-refractivity contribution < 1.29 is 46.9 Å². The van der Waals surface area contributed by atoms with Crippen LogP contribution in [0.25, 0.3) is 0 Å². The molecule has 0 saturated carbocycles. The fourth-order valence-corrected chi connectivity index (χ4v) is 7.38. The van der Waals surface area contributed by atoms with Crippen LogP contribution in [0.4, 0.5) is 29.3 Å². The fraction of sp³-hybridized carbons (Fsp3) is 0.364. The Bertz CT molecular complexity index is 2190. The molecule has 4 aromatic rings. The number of esters is 1. The van der Waals surface area contributed by atoms with Crippen LogP contribution in [0.3, 0.4) is 0 Å². The molecular weight excluding hydrogens is 824 g/mol. The van der Waals surface area contributed by atoms with Crippen LogP contribution >= 0.6 is 23.2 Å². The van der Waals surface area contributed by atoms with Crippen LogP contribution in [0, 0.1) is 0 Å². The van der Waals surface area contributed by atoms with Crippen molar-refractivity contribution in [2.75, 3.05) is 43.9 Å². The summed E-state index contributed by atoms with van der Waals surface area (Å²) in [6.07, 6.45) is -3.19. The Morgan fingerprint density at radius 1 is 0.667 bits per heavy atom. The lowest BCUT2D eigenvalue weighted by Crippen LogP contribution is -2.42. The molecule has 0 saturated heterocycles. The van der Waals surface area contributed by atoms with Crippen molar-refractivity contribution >= 4 is 58.5 Å². The minimum Gasteiger partial charge on any atom is -0.478 e. The van der Waals surface area contributed by atoms with Crippen molar-refractivity contribution in [1.29, 1.82) is 0 Å². The number of hydrogen-bond donors (Lipinski definition) is 3. The molecule has 0 atom stereocenters. The van der Waals surface area contributed by atoms with Crippen LogP contribution in [0.15, 0.2) is 72.8 Å². The first-order chi connectivity index (χ1) is 28.3. The van der Waals surface area contributed by atoms with Crippen molar-refractivity contribution in [1.82, 2.24) is 9.80 Å². The highest BCUT2D eigenvalue weighted by Gasteiger charge is 2.42. The molecule has 0 fully saturated rings. The largest absolute Gasteiger partial charge is 0.478 e. The number of aromatic carboxylic acids is 1. The van der Waals surface area contributed by atoms with Crippen molar-refractivity contribution in [3.8, 4) is 0 Å². The van der Waals surface area contributed by atoms with E-state index in [0.29, 0.717) is 60.3 Å². The SMILES string of the molecule is CC(C)(C)OC(=O)N1CCc2ccc(Cl)c(NCc3ccc(C(=O)O)cc3)c2CC1.COC(=O)c1ccc(CNc2c(Cl)ccc3c2CCN(C(=O)C(F)(F)F)CC3)cc1. The quantitative estimate of drug-likeness (QED) is 0.148. The molecule has 2 aliphatic rings. The van der Waals surface area contributed by atoms with Gasteiger partial charge in [-0.05, 0) is 116 Å². The number of carbonyl (C=O) groups is 4. The first kappa shape index (κ1) is 45.6. The molecule has 11 nitrogen and oxygen atoms in total. The Kier molecular flexibility index (Phi) is 15.0. The number of benzene rings is 4. The third-order valence-corrected chi connectivity index (χ3v) is 10.6. The number of amides is 2. The van der Waals surface area contributed by atoms with E-state index in [9.17, 15) is 32.3 Å². The van der Waals surface area contributed by atoms with E-state index >= 15 is 0 Å². The summed E-state index contributed by atoms with van der Waals surface area (Å²) in [6, 6.07) is 21.0. The molecule has 60 heavy (non-hydrogen) atoms. The molecular formula is C44H47Cl2F3N4O7. The molecule has 0 spiro atoms. The fourth-order valence-electron chi connectivity index (χ4n) is 6.89. The molecule has 0 radical (unpaired) electrons. The van der Waals surface area contributed by atoms with Gasteiger partial charge in [0.1, 0.15) is 5.60 Å². The van der Waals surface area contributed by atoms with Gasteiger partial charge in [-0.15, -0.1) is 0 Å². The Balaban J connectivity index is 0.000000228. The van der Waals surface area contributed by atoms with E-state index in [0.717, 1.165) is 50.4 Å². The summed E-state index contributed by atoms with van der Waals surface area (Å²) >= 11 is 12.8. The lowest BCUT2D eigenvalue weighted by atomic mass is 10.0. The van der Waals surface area contributed by atoms with Gasteiger partial charge in [-0.1, -0.05) is 59.6 Å². The van der Waals surface area contributed by atoms with Gasteiger partial charge >= 0.3 is 30.1 Å². The number of rotatable bonds is 8. The zero-order valence-electron chi connectivity index (χ0n) is 33.7. The zero-order chi connectivity index (χ0) is 43.8. The van der Waals surface area contributed by atoms with E-state index < -0.39 is 29.6 Å².